The third kappa shape index (κ3) is 2.69. The summed E-state index contributed by atoms with van der Waals surface area (Å²) in [4.78, 5) is 1.46. The summed E-state index contributed by atoms with van der Waals surface area (Å²) in [5.41, 5.74) is 7.52. The van der Waals surface area contributed by atoms with Crippen LogP contribution in [0.15, 0.2) is 29.2 Å². The van der Waals surface area contributed by atoms with Crippen LogP contribution in [0.4, 0.5) is 0 Å². The van der Waals surface area contributed by atoms with Crippen molar-refractivity contribution in [1.82, 2.24) is 0 Å². The predicted octanol–water partition coefficient (Wildman–Crippen LogP) is 3.12. The van der Waals surface area contributed by atoms with Crippen molar-refractivity contribution >= 4 is 11.3 Å². The zero-order valence-corrected chi connectivity index (χ0v) is 9.22. The molecule has 0 spiro atoms. The normalized spacial score (nSPS) is 22.9. The first-order chi connectivity index (χ1) is 6.84. The highest BCUT2D eigenvalue weighted by atomic mass is 32.1. The zero-order valence-electron chi connectivity index (χ0n) is 8.41. The molecule has 2 heteroatoms. The molecule has 76 valence electrons. The van der Waals surface area contributed by atoms with Crippen LogP contribution in [0.3, 0.4) is 0 Å². The van der Waals surface area contributed by atoms with Gasteiger partial charge >= 0.3 is 0 Å². The molecular weight excluding hydrogens is 190 g/mol. The average molecular weight is 207 g/mol. The second-order valence-corrected chi connectivity index (χ2v) is 5.02. The number of nitrogens with two attached hydrogens (primary N) is 1. The summed E-state index contributed by atoms with van der Waals surface area (Å²) < 4.78 is 0. The van der Waals surface area contributed by atoms with Gasteiger partial charge in [0, 0.05) is 17.3 Å². The van der Waals surface area contributed by atoms with Crippen LogP contribution in [0.25, 0.3) is 0 Å². The van der Waals surface area contributed by atoms with Crippen LogP contribution < -0.4 is 5.73 Å². The van der Waals surface area contributed by atoms with Crippen LogP contribution in [0.1, 0.15) is 30.6 Å². The molecule has 1 aliphatic carbocycles. The van der Waals surface area contributed by atoms with E-state index in [1.807, 2.05) is 11.3 Å². The van der Waals surface area contributed by atoms with E-state index < -0.39 is 0 Å². The highest BCUT2D eigenvalue weighted by Crippen LogP contribution is 2.22. The zero-order chi connectivity index (χ0) is 9.80. The van der Waals surface area contributed by atoms with Crippen molar-refractivity contribution in [3.8, 4) is 0 Å². The molecule has 0 aromatic carbocycles. The maximum absolute atomic E-state index is 5.98. The maximum Gasteiger partial charge on any atom is 0.0226 e. The van der Waals surface area contributed by atoms with Crippen LogP contribution in [0.5, 0.6) is 0 Å². The van der Waals surface area contributed by atoms with Gasteiger partial charge in [-0.3, -0.25) is 0 Å². The molecule has 1 aromatic heterocycles. The molecule has 1 nitrogen and oxygen atoms in total. The number of allylic oxidation sites excluding steroid dienone is 1. The van der Waals surface area contributed by atoms with Crippen LogP contribution in [-0.2, 0) is 6.42 Å². The fourth-order valence-corrected chi connectivity index (χ4v) is 2.74. The molecule has 0 saturated carbocycles. The van der Waals surface area contributed by atoms with Gasteiger partial charge in [0.25, 0.3) is 0 Å². The lowest BCUT2D eigenvalue weighted by Gasteiger charge is -2.04. The molecule has 2 rings (SSSR count). The molecule has 0 saturated heterocycles. The molecule has 0 aliphatic heterocycles. The van der Waals surface area contributed by atoms with Gasteiger partial charge in [0.2, 0.25) is 0 Å². The highest BCUT2D eigenvalue weighted by molar-refractivity contribution is 7.09. The van der Waals surface area contributed by atoms with E-state index >= 15 is 0 Å². The third-order valence-corrected chi connectivity index (χ3v) is 3.59. The van der Waals surface area contributed by atoms with E-state index in [-0.39, 0.29) is 0 Å². The SMILES string of the molecule is NC1C=C(Cc2cccs2)CCCC1. The molecule has 0 radical (unpaired) electrons. The average Bonchev–Trinajstić information content (AvgIpc) is 2.56. The fourth-order valence-electron chi connectivity index (χ4n) is 1.99. The minimum absolute atomic E-state index is 0.299. The first-order valence-electron chi connectivity index (χ1n) is 5.32. The van der Waals surface area contributed by atoms with Crippen LogP contribution in [-0.4, -0.2) is 6.04 Å². The van der Waals surface area contributed by atoms with Gasteiger partial charge in [0.05, 0.1) is 0 Å². The Morgan fingerprint density at radius 1 is 1.43 bits per heavy atom. The van der Waals surface area contributed by atoms with Gasteiger partial charge in [0.1, 0.15) is 0 Å². The van der Waals surface area contributed by atoms with Gasteiger partial charge < -0.3 is 5.73 Å². The molecule has 14 heavy (non-hydrogen) atoms. The smallest absolute Gasteiger partial charge is 0.0226 e. The van der Waals surface area contributed by atoms with Crippen molar-refractivity contribution in [3.05, 3.63) is 34.0 Å². The topological polar surface area (TPSA) is 26.0 Å². The van der Waals surface area contributed by atoms with E-state index in [1.54, 1.807) is 0 Å². The Morgan fingerprint density at radius 3 is 3.14 bits per heavy atom. The Morgan fingerprint density at radius 2 is 2.36 bits per heavy atom. The predicted molar refractivity (Wildman–Crippen MR) is 62.5 cm³/mol. The van der Waals surface area contributed by atoms with E-state index in [4.69, 9.17) is 5.73 Å². The Bertz CT molecular complexity index is 300. The fraction of sp³-hybridized carbons (Fsp3) is 0.500. The second-order valence-electron chi connectivity index (χ2n) is 3.99. The molecule has 2 N–H and O–H groups in total. The second kappa shape index (κ2) is 4.76. The maximum atomic E-state index is 5.98. The van der Waals surface area contributed by atoms with Crippen molar-refractivity contribution < 1.29 is 0 Å². The molecule has 1 heterocycles. The summed E-state index contributed by atoms with van der Waals surface area (Å²) in [7, 11) is 0. The Balaban J connectivity index is 2.02. The number of hydrogen-bond acceptors (Lipinski definition) is 2. The number of thiophene rings is 1. The summed E-state index contributed by atoms with van der Waals surface area (Å²) in [6.07, 6.45) is 8.40. The first kappa shape index (κ1) is 9.94. The summed E-state index contributed by atoms with van der Waals surface area (Å²) >= 11 is 1.84. The molecule has 1 aromatic rings. The minimum atomic E-state index is 0.299. The van der Waals surface area contributed by atoms with Crippen molar-refractivity contribution in [2.75, 3.05) is 0 Å². The minimum Gasteiger partial charge on any atom is -0.324 e. The molecular formula is C12H17NS. The van der Waals surface area contributed by atoms with E-state index in [0.717, 1.165) is 12.8 Å². The molecule has 0 amide bonds. The largest absolute Gasteiger partial charge is 0.324 e. The van der Waals surface area contributed by atoms with Gasteiger partial charge in [0.15, 0.2) is 0 Å². The Labute approximate surface area is 89.6 Å². The lowest BCUT2D eigenvalue weighted by molar-refractivity contribution is 0.654. The van der Waals surface area contributed by atoms with Crippen LogP contribution >= 0.6 is 11.3 Å². The lowest BCUT2D eigenvalue weighted by Crippen LogP contribution is -2.15. The Kier molecular flexibility index (Phi) is 3.38. The van der Waals surface area contributed by atoms with Crippen molar-refractivity contribution in [2.24, 2.45) is 5.73 Å². The lowest BCUT2D eigenvalue weighted by atomic mass is 10.1. The Hall–Kier alpha value is -0.600. The van der Waals surface area contributed by atoms with Gasteiger partial charge in [-0.25, -0.2) is 0 Å². The van der Waals surface area contributed by atoms with E-state index in [9.17, 15) is 0 Å². The van der Waals surface area contributed by atoms with E-state index in [2.05, 4.69) is 23.6 Å². The van der Waals surface area contributed by atoms with Gasteiger partial charge in [-0.05, 0) is 30.7 Å². The van der Waals surface area contributed by atoms with Crippen LogP contribution in [0.2, 0.25) is 0 Å². The molecule has 1 aliphatic rings. The molecule has 1 atom stereocenters. The van der Waals surface area contributed by atoms with E-state index in [1.165, 1.54) is 29.7 Å². The van der Waals surface area contributed by atoms with Crippen molar-refractivity contribution in [3.63, 3.8) is 0 Å². The van der Waals surface area contributed by atoms with Crippen molar-refractivity contribution in [2.45, 2.75) is 38.1 Å². The van der Waals surface area contributed by atoms with Gasteiger partial charge in [-0.1, -0.05) is 24.1 Å². The number of rotatable bonds is 2. The summed E-state index contributed by atoms with van der Waals surface area (Å²) in [6, 6.07) is 4.63. The first-order valence-corrected chi connectivity index (χ1v) is 6.20. The van der Waals surface area contributed by atoms with Gasteiger partial charge in [-0.2, -0.15) is 0 Å². The third-order valence-electron chi connectivity index (χ3n) is 2.72. The summed E-state index contributed by atoms with van der Waals surface area (Å²) in [5, 5.41) is 2.15. The van der Waals surface area contributed by atoms with Crippen LogP contribution in [0, 0.1) is 0 Å². The van der Waals surface area contributed by atoms with Crippen molar-refractivity contribution in [1.29, 1.82) is 0 Å². The monoisotopic (exact) mass is 207 g/mol. The summed E-state index contributed by atoms with van der Waals surface area (Å²) in [6.45, 7) is 0. The highest BCUT2D eigenvalue weighted by Gasteiger charge is 2.08. The standard InChI is InChI=1S/C12H17NS/c13-11-5-2-1-4-10(8-11)9-12-6-3-7-14-12/h3,6-8,11H,1-2,4-5,9,13H2. The van der Waals surface area contributed by atoms with Gasteiger partial charge in [-0.15, -0.1) is 11.3 Å². The van der Waals surface area contributed by atoms with E-state index in [0.29, 0.717) is 6.04 Å². The summed E-state index contributed by atoms with van der Waals surface area (Å²) in [5.74, 6) is 0. The molecule has 0 bridgehead atoms. The number of hydrogen-bond donors (Lipinski definition) is 1. The molecule has 0 fully saturated rings. The molecule has 1 unspecified atom stereocenters. The quantitative estimate of drug-likeness (QED) is 0.741.